The molecule has 0 radical (unpaired) electrons. The number of pyridine rings is 1. The molecule has 3 nitrogen and oxygen atoms in total. The fourth-order valence-electron chi connectivity index (χ4n) is 2.39. The number of carboxylic acids is 1. The second-order valence-electron chi connectivity index (χ2n) is 4.89. The van der Waals surface area contributed by atoms with E-state index in [0.717, 1.165) is 21.5 Å². The predicted octanol–water partition coefficient (Wildman–Crippen LogP) is 4.93. The van der Waals surface area contributed by atoms with Gasteiger partial charge in [-0.25, -0.2) is 9.78 Å². The number of fused-ring (bicyclic) bond motifs is 1. The van der Waals surface area contributed by atoms with Gasteiger partial charge in [0.25, 0.3) is 0 Å². The number of nitrogens with zero attached hydrogens (tertiary/aromatic N) is 1. The highest BCUT2D eigenvalue weighted by Gasteiger charge is 2.16. The van der Waals surface area contributed by atoms with E-state index in [1.165, 1.54) is 11.3 Å². The Morgan fingerprint density at radius 3 is 2.52 bits per heavy atom. The first-order valence-corrected chi connectivity index (χ1v) is 7.57. The maximum Gasteiger partial charge on any atom is 0.336 e. The molecule has 0 saturated carbocycles. The summed E-state index contributed by atoms with van der Waals surface area (Å²) in [7, 11) is 0. The third kappa shape index (κ3) is 2.41. The van der Waals surface area contributed by atoms with Crippen molar-refractivity contribution in [3.8, 4) is 10.6 Å². The van der Waals surface area contributed by atoms with Crippen LogP contribution in [0.4, 0.5) is 0 Å². The Balaban J connectivity index is 2.40. The third-order valence-electron chi connectivity index (χ3n) is 3.43. The fourth-order valence-corrected chi connectivity index (χ4v) is 3.39. The van der Waals surface area contributed by atoms with Gasteiger partial charge >= 0.3 is 5.97 Å². The zero-order valence-electron chi connectivity index (χ0n) is 11.5. The molecular formula is C16H12ClNO2S. The average molecular weight is 318 g/mol. The number of halogens is 1. The summed E-state index contributed by atoms with van der Waals surface area (Å²) in [6.45, 7) is 3.84. The van der Waals surface area contributed by atoms with E-state index in [2.05, 4.69) is 4.98 Å². The summed E-state index contributed by atoms with van der Waals surface area (Å²) in [5.74, 6) is -0.944. The van der Waals surface area contributed by atoms with Gasteiger partial charge in [-0.05, 0) is 43.2 Å². The van der Waals surface area contributed by atoms with Crippen LogP contribution >= 0.6 is 22.9 Å². The maximum atomic E-state index is 11.6. The van der Waals surface area contributed by atoms with Gasteiger partial charge in [0.1, 0.15) is 0 Å². The van der Waals surface area contributed by atoms with Crippen LogP contribution in [0.5, 0.6) is 0 Å². The molecular weight excluding hydrogens is 306 g/mol. The van der Waals surface area contributed by atoms with Gasteiger partial charge in [0.05, 0.1) is 26.0 Å². The Labute approximate surface area is 130 Å². The Morgan fingerprint density at radius 1 is 1.19 bits per heavy atom. The Hall–Kier alpha value is -1.91. The van der Waals surface area contributed by atoms with Crippen molar-refractivity contribution in [2.75, 3.05) is 0 Å². The van der Waals surface area contributed by atoms with Crippen LogP contribution in [-0.2, 0) is 0 Å². The predicted molar refractivity (Wildman–Crippen MR) is 86.5 cm³/mol. The quantitative estimate of drug-likeness (QED) is 0.729. The standard InChI is InChI=1S/C16H12ClNO2S/c1-8-3-4-9(2)15-14(8)10(16(19)20)7-11(18-15)12-5-6-13(17)21-12/h3-7H,1-2H3,(H,19,20). The summed E-state index contributed by atoms with van der Waals surface area (Å²) in [6.07, 6.45) is 0. The number of thiophene rings is 1. The zero-order chi connectivity index (χ0) is 15.1. The van der Waals surface area contributed by atoms with Crippen molar-refractivity contribution < 1.29 is 9.90 Å². The van der Waals surface area contributed by atoms with Crippen LogP contribution in [0, 0.1) is 13.8 Å². The second-order valence-corrected chi connectivity index (χ2v) is 6.60. The molecule has 5 heteroatoms. The van der Waals surface area contributed by atoms with Crippen LogP contribution in [0.15, 0.2) is 30.3 Å². The van der Waals surface area contributed by atoms with Crippen LogP contribution in [0.25, 0.3) is 21.5 Å². The molecule has 0 unspecified atom stereocenters. The number of aromatic carboxylic acids is 1. The van der Waals surface area contributed by atoms with Gasteiger partial charge in [-0.15, -0.1) is 11.3 Å². The van der Waals surface area contributed by atoms with Crippen molar-refractivity contribution in [2.24, 2.45) is 0 Å². The molecule has 1 aromatic carbocycles. The Bertz CT molecular complexity index is 870. The number of aromatic nitrogens is 1. The smallest absolute Gasteiger partial charge is 0.336 e. The minimum Gasteiger partial charge on any atom is -0.478 e. The van der Waals surface area contributed by atoms with Crippen molar-refractivity contribution in [1.82, 2.24) is 4.98 Å². The van der Waals surface area contributed by atoms with E-state index >= 15 is 0 Å². The Morgan fingerprint density at radius 2 is 1.90 bits per heavy atom. The molecule has 0 spiro atoms. The molecule has 0 bridgehead atoms. The number of benzene rings is 1. The van der Waals surface area contributed by atoms with Crippen LogP contribution in [-0.4, -0.2) is 16.1 Å². The topological polar surface area (TPSA) is 50.2 Å². The fraction of sp³-hybridized carbons (Fsp3) is 0.125. The SMILES string of the molecule is Cc1ccc(C)c2c(C(=O)O)cc(-c3ccc(Cl)s3)nc12. The van der Waals surface area contributed by atoms with Crippen LogP contribution in [0.3, 0.4) is 0 Å². The molecule has 0 aliphatic carbocycles. The van der Waals surface area contributed by atoms with Gasteiger partial charge in [0.2, 0.25) is 0 Å². The summed E-state index contributed by atoms with van der Waals surface area (Å²) < 4.78 is 0.657. The highest BCUT2D eigenvalue weighted by atomic mass is 35.5. The molecule has 3 rings (SSSR count). The second kappa shape index (κ2) is 5.13. The lowest BCUT2D eigenvalue weighted by molar-refractivity contribution is 0.0699. The lowest BCUT2D eigenvalue weighted by Crippen LogP contribution is -2.02. The first-order chi connectivity index (χ1) is 9.97. The van der Waals surface area contributed by atoms with E-state index in [4.69, 9.17) is 11.6 Å². The maximum absolute atomic E-state index is 11.6. The van der Waals surface area contributed by atoms with Crippen molar-refractivity contribution in [3.63, 3.8) is 0 Å². The minimum absolute atomic E-state index is 0.278. The van der Waals surface area contributed by atoms with Crippen molar-refractivity contribution in [1.29, 1.82) is 0 Å². The van der Waals surface area contributed by atoms with Crippen LogP contribution in [0.2, 0.25) is 4.34 Å². The summed E-state index contributed by atoms with van der Waals surface area (Å²) in [4.78, 5) is 17.1. The molecule has 1 N–H and O–H groups in total. The lowest BCUT2D eigenvalue weighted by Gasteiger charge is -2.10. The minimum atomic E-state index is -0.944. The van der Waals surface area contributed by atoms with Crippen LogP contribution < -0.4 is 0 Å². The highest BCUT2D eigenvalue weighted by molar-refractivity contribution is 7.19. The summed E-state index contributed by atoms with van der Waals surface area (Å²) in [5, 5.41) is 10.2. The number of rotatable bonds is 2. The van der Waals surface area contributed by atoms with E-state index in [1.54, 1.807) is 12.1 Å². The molecule has 0 aliphatic rings. The molecule has 0 fully saturated rings. The van der Waals surface area contributed by atoms with Crippen molar-refractivity contribution >= 4 is 39.8 Å². The van der Waals surface area contributed by atoms with E-state index in [-0.39, 0.29) is 5.56 Å². The van der Waals surface area contributed by atoms with Gasteiger partial charge in [-0.2, -0.15) is 0 Å². The monoisotopic (exact) mass is 317 g/mol. The van der Waals surface area contributed by atoms with Gasteiger partial charge < -0.3 is 5.11 Å². The van der Waals surface area contributed by atoms with E-state index < -0.39 is 5.97 Å². The van der Waals surface area contributed by atoms with E-state index in [1.807, 2.05) is 32.0 Å². The number of carboxylic acid groups (broad SMARTS) is 1. The molecule has 3 aromatic rings. The first-order valence-electron chi connectivity index (χ1n) is 6.37. The van der Waals surface area contributed by atoms with Gasteiger partial charge in [-0.3, -0.25) is 0 Å². The van der Waals surface area contributed by atoms with E-state index in [9.17, 15) is 9.90 Å². The summed E-state index contributed by atoms with van der Waals surface area (Å²) >= 11 is 7.35. The molecule has 2 aromatic heterocycles. The van der Waals surface area contributed by atoms with E-state index in [0.29, 0.717) is 15.4 Å². The molecule has 0 aliphatic heterocycles. The Kier molecular flexibility index (Phi) is 3.43. The zero-order valence-corrected chi connectivity index (χ0v) is 13.0. The molecule has 106 valence electrons. The van der Waals surface area contributed by atoms with Crippen molar-refractivity contribution in [2.45, 2.75) is 13.8 Å². The molecule has 2 heterocycles. The summed E-state index contributed by atoms with van der Waals surface area (Å²) in [6, 6.07) is 9.16. The van der Waals surface area contributed by atoms with Gasteiger partial charge in [-0.1, -0.05) is 23.7 Å². The number of aryl methyl sites for hydroxylation is 2. The number of carbonyl (C=O) groups is 1. The molecule has 0 amide bonds. The number of hydrogen-bond acceptors (Lipinski definition) is 3. The molecule has 21 heavy (non-hydrogen) atoms. The largest absolute Gasteiger partial charge is 0.478 e. The van der Waals surface area contributed by atoms with Gasteiger partial charge in [0, 0.05) is 5.39 Å². The molecule has 0 atom stereocenters. The highest BCUT2D eigenvalue weighted by Crippen LogP contribution is 2.33. The van der Waals surface area contributed by atoms with Gasteiger partial charge in [0.15, 0.2) is 0 Å². The average Bonchev–Trinajstić information content (AvgIpc) is 2.88. The molecule has 0 saturated heterocycles. The van der Waals surface area contributed by atoms with Crippen molar-refractivity contribution in [3.05, 3.63) is 51.4 Å². The number of hydrogen-bond donors (Lipinski definition) is 1. The normalized spacial score (nSPS) is 11.0. The first kappa shape index (κ1) is 14.0. The third-order valence-corrected chi connectivity index (χ3v) is 4.68. The lowest BCUT2D eigenvalue weighted by atomic mass is 9.99. The van der Waals surface area contributed by atoms with Crippen LogP contribution in [0.1, 0.15) is 21.5 Å². The summed E-state index contributed by atoms with van der Waals surface area (Å²) in [5.41, 5.74) is 3.53.